The number of rotatable bonds is 4. The number of para-hydroxylation sites is 2. The Hall–Kier alpha value is -3.90. The Bertz CT molecular complexity index is 1340. The van der Waals surface area contributed by atoms with E-state index in [0.717, 1.165) is 11.0 Å². The van der Waals surface area contributed by atoms with Crippen molar-refractivity contribution in [3.63, 3.8) is 0 Å². The van der Waals surface area contributed by atoms with Gasteiger partial charge in [-0.25, -0.2) is 4.98 Å². The minimum absolute atomic E-state index is 0.0112. The molecule has 0 amide bonds. The van der Waals surface area contributed by atoms with E-state index in [2.05, 4.69) is 9.97 Å². The Morgan fingerprint density at radius 3 is 2.58 bits per heavy atom. The number of H-pyrrole nitrogens is 1. The van der Waals surface area contributed by atoms with Gasteiger partial charge in [-0.3, -0.25) is 10.2 Å². The fraction of sp³-hybridized carbons (Fsp3) is 0.0417. The first-order valence-electron chi connectivity index (χ1n) is 9.66. The fourth-order valence-electron chi connectivity index (χ4n) is 3.78. The van der Waals surface area contributed by atoms with Gasteiger partial charge in [0, 0.05) is 16.1 Å². The lowest BCUT2D eigenvalue weighted by molar-refractivity contribution is 0.103. The predicted octanol–water partition coefficient (Wildman–Crippen LogP) is 5.21. The first kappa shape index (κ1) is 19.1. The molecule has 0 atom stereocenters. The van der Waals surface area contributed by atoms with Crippen LogP contribution in [-0.2, 0) is 0 Å². The standard InChI is InChI=1S/C24H17ClN4O2/c25-15-10-11-19(16(12-15)22(31)14-6-2-1-3-7-14)29-13-20(30)21(23(29)26)24-27-17-8-4-5-9-18(17)28-24/h1-12,26,30H,13H2,(H,27,28). The molecule has 4 aromatic rings. The molecule has 0 saturated heterocycles. The SMILES string of the molecule is N=C1C(c2nc3ccccc3[nH]2)=C(O)CN1c1ccc(Cl)cc1C(=O)c1ccccc1. The summed E-state index contributed by atoms with van der Waals surface area (Å²) in [6.07, 6.45) is 0. The average molecular weight is 429 g/mol. The van der Waals surface area contributed by atoms with E-state index in [1.54, 1.807) is 47.4 Å². The topological polar surface area (TPSA) is 93.1 Å². The molecular formula is C24H17ClN4O2. The number of benzene rings is 3. The molecule has 0 radical (unpaired) electrons. The van der Waals surface area contributed by atoms with E-state index >= 15 is 0 Å². The van der Waals surface area contributed by atoms with Gasteiger partial charge in [-0.1, -0.05) is 54.1 Å². The summed E-state index contributed by atoms with van der Waals surface area (Å²) in [5.74, 6) is 0.275. The molecule has 0 bridgehead atoms. The van der Waals surface area contributed by atoms with Gasteiger partial charge in [0.2, 0.25) is 0 Å². The molecule has 0 unspecified atom stereocenters. The lowest BCUT2D eigenvalue weighted by Gasteiger charge is -2.22. The van der Waals surface area contributed by atoms with Crippen molar-refractivity contribution in [3.05, 3.63) is 101 Å². The fourth-order valence-corrected chi connectivity index (χ4v) is 3.95. The largest absolute Gasteiger partial charge is 0.509 e. The molecule has 0 saturated carbocycles. The van der Waals surface area contributed by atoms with E-state index in [1.165, 1.54) is 0 Å². The van der Waals surface area contributed by atoms with Crippen LogP contribution in [0.1, 0.15) is 21.7 Å². The highest BCUT2D eigenvalue weighted by Gasteiger charge is 2.33. The number of aliphatic hydroxyl groups excluding tert-OH is 1. The first-order valence-corrected chi connectivity index (χ1v) is 10.0. The van der Waals surface area contributed by atoms with Crippen molar-refractivity contribution in [2.45, 2.75) is 0 Å². The number of amidine groups is 1. The molecule has 1 aliphatic rings. The van der Waals surface area contributed by atoms with E-state index < -0.39 is 0 Å². The van der Waals surface area contributed by atoms with Crippen LogP contribution in [-0.4, -0.2) is 33.2 Å². The van der Waals surface area contributed by atoms with Crippen LogP contribution in [0.2, 0.25) is 5.02 Å². The monoisotopic (exact) mass is 428 g/mol. The number of carbonyl (C=O) groups excluding carboxylic acids is 1. The van der Waals surface area contributed by atoms with Crippen molar-refractivity contribution in [1.82, 2.24) is 9.97 Å². The molecule has 3 N–H and O–H groups in total. The highest BCUT2D eigenvalue weighted by molar-refractivity contribution is 6.33. The smallest absolute Gasteiger partial charge is 0.195 e. The van der Waals surface area contributed by atoms with Crippen LogP contribution in [0.15, 0.2) is 78.6 Å². The van der Waals surface area contributed by atoms with Crippen molar-refractivity contribution in [1.29, 1.82) is 5.41 Å². The Labute approximate surface area is 182 Å². The van der Waals surface area contributed by atoms with Gasteiger partial charge in [0.15, 0.2) is 5.78 Å². The van der Waals surface area contributed by atoms with E-state index in [1.807, 2.05) is 30.3 Å². The molecule has 3 aromatic carbocycles. The number of hydrogen-bond acceptors (Lipinski definition) is 4. The van der Waals surface area contributed by atoms with E-state index in [-0.39, 0.29) is 23.9 Å². The maximum atomic E-state index is 13.2. The lowest BCUT2D eigenvalue weighted by Crippen LogP contribution is -2.28. The third kappa shape index (κ3) is 3.27. The second-order valence-corrected chi connectivity index (χ2v) is 7.65. The summed E-state index contributed by atoms with van der Waals surface area (Å²) >= 11 is 6.19. The molecule has 1 aromatic heterocycles. The third-order valence-corrected chi connectivity index (χ3v) is 5.49. The quantitative estimate of drug-likeness (QED) is 0.389. The number of halogens is 1. The first-order chi connectivity index (χ1) is 15.0. The molecule has 7 heteroatoms. The minimum Gasteiger partial charge on any atom is -0.509 e. The van der Waals surface area contributed by atoms with Gasteiger partial charge < -0.3 is 15.0 Å². The number of aromatic amines is 1. The lowest BCUT2D eigenvalue weighted by atomic mass is 10.0. The van der Waals surface area contributed by atoms with Gasteiger partial charge in [-0.2, -0.15) is 0 Å². The summed E-state index contributed by atoms with van der Waals surface area (Å²) in [7, 11) is 0. The van der Waals surface area contributed by atoms with Crippen molar-refractivity contribution in [2.24, 2.45) is 0 Å². The number of anilines is 1. The van der Waals surface area contributed by atoms with E-state index in [4.69, 9.17) is 17.0 Å². The molecule has 0 spiro atoms. The Kier molecular flexibility index (Phi) is 4.56. The van der Waals surface area contributed by atoms with Gasteiger partial charge in [0.05, 0.1) is 28.8 Å². The summed E-state index contributed by atoms with van der Waals surface area (Å²) in [4.78, 5) is 22.4. The van der Waals surface area contributed by atoms with Crippen LogP contribution in [0.25, 0.3) is 16.6 Å². The third-order valence-electron chi connectivity index (χ3n) is 5.26. The zero-order valence-corrected chi connectivity index (χ0v) is 17.0. The molecule has 1 aliphatic heterocycles. The Balaban J connectivity index is 1.55. The van der Waals surface area contributed by atoms with Crippen LogP contribution in [0.5, 0.6) is 0 Å². The number of ketones is 1. The van der Waals surface area contributed by atoms with Gasteiger partial charge >= 0.3 is 0 Å². The van der Waals surface area contributed by atoms with Crippen molar-refractivity contribution < 1.29 is 9.90 Å². The number of imidazole rings is 1. The molecule has 5 rings (SSSR count). The molecule has 6 nitrogen and oxygen atoms in total. The van der Waals surface area contributed by atoms with Crippen LogP contribution >= 0.6 is 11.6 Å². The van der Waals surface area contributed by atoms with Gasteiger partial charge in [0.1, 0.15) is 17.4 Å². The second-order valence-electron chi connectivity index (χ2n) is 7.22. The average Bonchev–Trinajstić information content (AvgIpc) is 3.33. The van der Waals surface area contributed by atoms with Crippen molar-refractivity contribution in [3.8, 4) is 0 Å². The van der Waals surface area contributed by atoms with Gasteiger partial charge in [-0.05, 0) is 30.3 Å². The highest BCUT2D eigenvalue weighted by atomic mass is 35.5. The number of hydrogen-bond donors (Lipinski definition) is 3. The molecular weight excluding hydrogens is 412 g/mol. The molecule has 2 heterocycles. The molecule has 0 fully saturated rings. The summed E-state index contributed by atoms with van der Waals surface area (Å²) < 4.78 is 0. The summed E-state index contributed by atoms with van der Waals surface area (Å²) in [6, 6.07) is 21.4. The zero-order valence-electron chi connectivity index (χ0n) is 16.3. The number of carbonyl (C=O) groups is 1. The van der Waals surface area contributed by atoms with Crippen LogP contribution in [0.4, 0.5) is 5.69 Å². The molecule has 152 valence electrons. The summed E-state index contributed by atoms with van der Waals surface area (Å²) in [6.45, 7) is 0.0575. The van der Waals surface area contributed by atoms with Crippen molar-refractivity contribution >= 4 is 45.5 Å². The normalized spacial score (nSPS) is 14.0. The van der Waals surface area contributed by atoms with Gasteiger partial charge in [-0.15, -0.1) is 0 Å². The maximum absolute atomic E-state index is 13.2. The Morgan fingerprint density at radius 1 is 1.06 bits per heavy atom. The van der Waals surface area contributed by atoms with Crippen LogP contribution < -0.4 is 4.90 Å². The number of fused-ring (bicyclic) bond motifs is 1. The minimum atomic E-state index is -0.206. The van der Waals surface area contributed by atoms with Crippen LogP contribution in [0, 0.1) is 5.41 Å². The van der Waals surface area contributed by atoms with Crippen molar-refractivity contribution in [2.75, 3.05) is 11.4 Å². The number of nitrogens with one attached hydrogen (secondary N) is 2. The maximum Gasteiger partial charge on any atom is 0.195 e. The van der Waals surface area contributed by atoms with Crippen LogP contribution in [0.3, 0.4) is 0 Å². The van der Waals surface area contributed by atoms with Gasteiger partial charge in [0.25, 0.3) is 0 Å². The predicted molar refractivity (Wildman–Crippen MR) is 122 cm³/mol. The molecule has 31 heavy (non-hydrogen) atoms. The number of nitrogens with zero attached hydrogens (tertiary/aromatic N) is 2. The molecule has 0 aliphatic carbocycles. The zero-order chi connectivity index (χ0) is 21.5. The summed E-state index contributed by atoms with van der Waals surface area (Å²) in [5, 5.41) is 19.9. The summed E-state index contributed by atoms with van der Waals surface area (Å²) in [5.41, 5.74) is 3.25. The van der Waals surface area contributed by atoms with E-state index in [0.29, 0.717) is 33.2 Å². The second kappa shape index (κ2) is 7.41. The number of aromatic nitrogens is 2. The highest BCUT2D eigenvalue weighted by Crippen LogP contribution is 2.34. The van der Waals surface area contributed by atoms with E-state index in [9.17, 15) is 9.90 Å². The number of aliphatic hydroxyl groups is 1. The Morgan fingerprint density at radius 2 is 1.81 bits per heavy atom.